The van der Waals surface area contributed by atoms with Crippen molar-refractivity contribution in [2.24, 2.45) is 0 Å². The molecule has 0 fully saturated rings. The fourth-order valence-corrected chi connectivity index (χ4v) is 1.48. The zero-order chi connectivity index (χ0) is 16.2. The molecule has 0 saturated heterocycles. The van der Waals surface area contributed by atoms with E-state index in [4.69, 9.17) is 14.6 Å². The van der Waals surface area contributed by atoms with Gasteiger partial charge in [-0.15, -0.1) is 0 Å². The Hall–Kier alpha value is -2.44. The monoisotopic (exact) mass is 296 g/mol. The first-order chi connectivity index (χ1) is 9.72. The molecule has 1 aromatic rings. The molecule has 7 nitrogen and oxygen atoms in total. The number of amides is 2. The van der Waals surface area contributed by atoms with Gasteiger partial charge in [-0.1, -0.05) is 0 Å². The molecule has 0 bridgehead atoms. The highest BCUT2D eigenvalue weighted by molar-refractivity contribution is 5.93. The number of likely N-dealkylation sites (N-methyl/N-ethyl adjacent to an activating group) is 1. The van der Waals surface area contributed by atoms with Gasteiger partial charge in [0, 0.05) is 30.9 Å². The Balaban J connectivity index is 2.95. The molecule has 0 aromatic heterocycles. The van der Waals surface area contributed by atoms with Crippen molar-refractivity contribution in [3.05, 3.63) is 18.2 Å². The number of nitrogens with one attached hydrogen (secondary N) is 1. The smallest absolute Gasteiger partial charge is 0.329 e. The summed E-state index contributed by atoms with van der Waals surface area (Å²) in [4.78, 5) is 24.4. The molecule has 2 amide bonds. The first-order valence-electron chi connectivity index (χ1n) is 6.23. The van der Waals surface area contributed by atoms with E-state index in [1.165, 1.54) is 35.1 Å². The van der Waals surface area contributed by atoms with Gasteiger partial charge in [-0.2, -0.15) is 0 Å². The zero-order valence-corrected chi connectivity index (χ0v) is 12.8. The second-order valence-electron chi connectivity index (χ2n) is 4.95. The number of rotatable bonds is 5. The number of methoxy groups -OCH3 is 2. The van der Waals surface area contributed by atoms with E-state index >= 15 is 0 Å². The number of hydrogen-bond acceptors (Lipinski definition) is 4. The van der Waals surface area contributed by atoms with E-state index in [2.05, 4.69) is 5.32 Å². The molecular formula is C14H20N2O5. The lowest BCUT2D eigenvalue weighted by molar-refractivity contribution is -0.146. The molecular weight excluding hydrogens is 276 g/mol. The summed E-state index contributed by atoms with van der Waals surface area (Å²) in [6, 6.07) is 4.35. The van der Waals surface area contributed by atoms with Crippen LogP contribution in [0, 0.1) is 0 Å². The summed E-state index contributed by atoms with van der Waals surface area (Å²) in [6.07, 6.45) is 0. The van der Waals surface area contributed by atoms with Crippen LogP contribution in [-0.4, -0.2) is 48.8 Å². The van der Waals surface area contributed by atoms with E-state index in [1.807, 2.05) is 0 Å². The number of carboxylic acid groups (broad SMARTS) is 1. The van der Waals surface area contributed by atoms with Crippen LogP contribution in [0.15, 0.2) is 18.2 Å². The van der Waals surface area contributed by atoms with Gasteiger partial charge in [-0.05, 0) is 13.8 Å². The molecule has 2 N–H and O–H groups in total. The maximum atomic E-state index is 12.1. The van der Waals surface area contributed by atoms with Crippen molar-refractivity contribution in [1.82, 2.24) is 4.90 Å². The highest BCUT2D eigenvalue weighted by atomic mass is 16.5. The second-order valence-corrected chi connectivity index (χ2v) is 4.95. The van der Waals surface area contributed by atoms with Gasteiger partial charge in [0.15, 0.2) is 0 Å². The Morgan fingerprint density at radius 2 is 1.62 bits per heavy atom. The topological polar surface area (TPSA) is 88.1 Å². The van der Waals surface area contributed by atoms with Crippen molar-refractivity contribution >= 4 is 17.7 Å². The molecule has 1 rings (SSSR count). The van der Waals surface area contributed by atoms with Gasteiger partial charge >= 0.3 is 12.0 Å². The predicted molar refractivity (Wildman–Crippen MR) is 78.0 cm³/mol. The maximum absolute atomic E-state index is 12.1. The second kappa shape index (κ2) is 6.34. The molecule has 1 aromatic carbocycles. The summed E-state index contributed by atoms with van der Waals surface area (Å²) in [5, 5.41) is 11.7. The minimum Gasteiger partial charge on any atom is -0.497 e. The van der Waals surface area contributed by atoms with E-state index in [0.29, 0.717) is 17.2 Å². The Kier molecular flexibility index (Phi) is 5.02. The molecule has 0 atom stereocenters. The third-order valence-electron chi connectivity index (χ3n) is 3.27. The maximum Gasteiger partial charge on any atom is 0.329 e. The first-order valence-corrected chi connectivity index (χ1v) is 6.23. The SMILES string of the molecule is COc1cc(NC(=O)N(C)C(C)(C)C(=O)O)cc(OC)c1. The number of hydrogen-bond donors (Lipinski definition) is 2. The quantitative estimate of drug-likeness (QED) is 0.868. The number of ether oxygens (including phenoxy) is 2. The Morgan fingerprint density at radius 3 is 2.00 bits per heavy atom. The van der Waals surface area contributed by atoms with Crippen molar-refractivity contribution in [3.63, 3.8) is 0 Å². The van der Waals surface area contributed by atoms with Gasteiger partial charge in [0.25, 0.3) is 0 Å². The highest BCUT2D eigenvalue weighted by Crippen LogP contribution is 2.26. The molecule has 0 aliphatic rings. The summed E-state index contributed by atoms with van der Waals surface area (Å²) in [6.45, 7) is 2.89. The molecule has 0 spiro atoms. The molecule has 0 heterocycles. The molecule has 0 aliphatic carbocycles. The number of benzene rings is 1. The molecule has 0 aliphatic heterocycles. The van der Waals surface area contributed by atoms with Gasteiger partial charge in [0.05, 0.1) is 14.2 Å². The zero-order valence-electron chi connectivity index (χ0n) is 12.8. The first kappa shape index (κ1) is 16.6. The molecule has 7 heteroatoms. The van der Waals surface area contributed by atoms with Crippen LogP contribution in [0.25, 0.3) is 0 Å². The van der Waals surface area contributed by atoms with Crippen LogP contribution in [0.2, 0.25) is 0 Å². The summed E-state index contributed by atoms with van der Waals surface area (Å²) < 4.78 is 10.2. The van der Waals surface area contributed by atoms with Crippen molar-refractivity contribution < 1.29 is 24.2 Å². The number of carbonyl (C=O) groups is 2. The number of aliphatic carboxylic acids is 1. The third-order valence-corrected chi connectivity index (χ3v) is 3.27. The number of urea groups is 1. The largest absolute Gasteiger partial charge is 0.497 e. The van der Waals surface area contributed by atoms with Crippen molar-refractivity contribution in [2.75, 3.05) is 26.6 Å². The van der Waals surface area contributed by atoms with Crippen LogP contribution >= 0.6 is 0 Å². The molecule has 116 valence electrons. The molecule has 21 heavy (non-hydrogen) atoms. The summed E-state index contributed by atoms with van der Waals surface area (Å²) in [7, 11) is 4.42. The average Bonchev–Trinajstić information content (AvgIpc) is 2.45. The van der Waals surface area contributed by atoms with E-state index in [-0.39, 0.29) is 0 Å². The van der Waals surface area contributed by atoms with Gasteiger partial charge in [0.2, 0.25) is 0 Å². The van der Waals surface area contributed by atoms with Gasteiger partial charge in [-0.25, -0.2) is 9.59 Å². The average molecular weight is 296 g/mol. The van der Waals surface area contributed by atoms with E-state index < -0.39 is 17.5 Å². The Labute approximate surface area is 123 Å². The number of nitrogens with zero attached hydrogens (tertiary/aromatic N) is 1. The van der Waals surface area contributed by atoms with E-state index in [0.717, 1.165) is 4.90 Å². The van der Waals surface area contributed by atoms with Crippen LogP contribution in [-0.2, 0) is 4.79 Å². The minimum atomic E-state index is -1.33. The van der Waals surface area contributed by atoms with E-state index in [9.17, 15) is 9.59 Å². The minimum absolute atomic E-state index is 0.448. The van der Waals surface area contributed by atoms with Crippen molar-refractivity contribution in [2.45, 2.75) is 19.4 Å². The normalized spacial score (nSPS) is 10.7. The Morgan fingerprint density at radius 1 is 1.14 bits per heavy atom. The van der Waals surface area contributed by atoms with Crippen LogP contribution in [0.1, 0.15) is 13.8 Å². The van der Waals surface area contributed by atoms with Gasteiger partial charge in [0.1, 0.15) is 17.0 Å². The fraction of sp³-hybridized carbons (Fsp3) is 0.429. The van der Waals surface area contributed by atoms with Crippen LogP contribution in [0.3, 0.4) is 0 Å². The molecule has 0 unspecified atom stereocenters. The fourth-order valence-electron chi connectivity index (χ4n) is 1.48. The number of carboxylic acids is 1. The third kappa shape index (κ3) is 3.77. The number of anilines is 1. The lowest BCUT2D eigenvalue weighted by atomic mass is 10.1. The van der Waals surface area contributed by atoms with Crippen LogP contribution < -0.4 is 14.8 Å². The van der Waals surface area contributed by atoms with Crippen molar-refractivity contribution in [1.29, 1.82) is 0 Å². The summed E-state index contributed by atoms with van der Waals surface area (Å²) in [5.41, 5.74) is -0.878. The lowest BCUT2D eigenvalue weighted by Gasteiger charge is -2.31. The Bertz CT molecular complexity index is 520. The summed E-state index contributed by atoms with van der Waals surface area (Å²) in [5.74, 6) is -0.0574. The standard InChI is InChI=1S/C14H20N2O5/c1-14(2,12(17)18)16(3)13(19)15-9-6-10(20-4)8-11(7-9)21-5/h6-8H,1-5H3,(H,15,19)(H,17,18). The van der Waals surface area contributed by atoms with Crippen LogP contribution in [0.4, 0.5) is 10.5 Å². The highest BCUT2D eigenvalue weighted by Gasteiger charge is 2.35. The van der Waals surface area contributed by atoms with Crippen molar-refractivity contribution in [3.8, 4) is 11.5 Å². The van der Waals surface area contributed by atoms with Gasteiger partial charge in [-0.3, -0.25) is 0 Å². The van der Waals surface area contributed by atoms with Gasteiger partial charge < -0.3 is 24.8 Å². The lowest BCUT2D eigenvalue weighted by Crippen LogP contribution is -2.52. The molecule has 0 radical (unpaired) electrons. The predicted octanol–water partition coefficient (Wildman–Crippen LogP) is 2.03. The van der Waals surface area contributed by atoms with E-state index in [1.54, 1.807) is 18.2 Å². The number of carbonyl (C=O) groups excluding carboxylic acids is 1. The summed E-state index contributed by atoms with van der Waals surface area (Å²) >= 11 is 0. The molecule has 0 saturated carbocycles. The van der Waals surface area contributed by atoms with Crippen LogP contribution in [0.5, 0.6) is 11.5 Å².